The highest BCUT2D eigenvalue weighted by atomic mass is 16.7. The first-order chi connectivity index (χ1) is 30.0. The Bertz CT molecular complexity index is 1630. The van der Waals surface area contributed by atoms with Crippen molar-refractivity contribution in [2.24, 2.45) is 52.3 Å². The number of aliphatic hydroxyl groups excluding tert-OH is 1. The second-order valence-corrected chi connectivity index (χ2v) is 22.4. The number of hydrogen-bond acceptors (Lipinski definition) is 4. The normalized spacial score (nSPS) is 29.8. The summed E-state index contributed by atoms with van der Waals surface area (Å²) in [6, 6.07) is 14.7. The number of carbonyl (C=O) groups is 1. The van der Waals surface area contributed by atoms with Gasteiger partial charge in [0.2, 0.25) is 0 Å². The molecule has 0 aromatic heterocycles. The van der Waals surface area contributed by atoms with Crippen molar-refractivity contribution < 1.29 is 19.4 Å². The van der Waals surface area contributed by atoms with E-state index in [1.807, 2.05) is 12.1 Å². The fourth-order valence-electron chi connectivity index (χ4n) is 14.4. The first kappa shape index (κ1) is 49.1. The molecular formula is C58H92O4. The highest BCUT2D eigenvalue weighted by Crippen LogP contribution is 2.71. The molecule has 2 aromatic rings. The monoisotopic (exact) mass is 853 g/mol. The lowest BCUT2D eigenvalue weighted by Crippen LogP contribution is -2.56. The predicted molar refractivity (Wildman–Crippen MR) is 260 cm³/mol. The van der Waals surface area contributed by atoms with Crippen molar-refractivity contribution in [2.45, 2.75) is 234 Å². The van der Waals surface area contributed by atoms with Crippen LogP contribution in [0.25, 0.3) is 0 Å². The molecule has 0 heterocycles. The summed E-state index contributed by atoms with van der Waals surface area (Å²) in [4.78, 5) is 13.7. The summed E-state index contributed by atoms with van der Waals surface area (Å²) < 4.78 is 12.2. The van der Waals surface area contributed by atoms with Crippen LogP contribution in [0, 0.1) is 52.3 Å². The van der Waals surface area contributed by atoms with Gasteiger partial charge in [0.15, 0.2) is 0 Å². The minimum absolute atomic E-state index is 0.0374. The maximum Gasteiger partial charge on any atom is 0.519 e. The number of ether oxygens (including phenoxy) is 2. The van der Waals surface area contributed by atoms with E-state index in [2.05, 4.69) is 78.8 Å². The van der Waals surface area contributed by atoms with E-state index in [1.165, 1.54) is 159 Å². The summed E-state index contributed by atoms with van der Waals surface area (Å²) in [5.41, 5.74) is 4.23. The van der Waals surface area contributed by atoms with Gasteiger partial charge in [0.1, 0.15) is 11.5 Å². The van der Waals surface area contributed by atoms with Gasteiger partial charge in [-0.25, -0.2) is 4.79 Å². The second-order valence-electron chi connectivity index (χ2n) is 22.4. The highest BCUT2D eigenvalue weighted by molar-refractivity contribution is 5.68. The molecule has 6 rings (SSSR count). The maximum atomic E-state index is 13.7. The average Bonchev–Trinajstić information content (AvgIpc) is 3.61. The molecule has 0 spiro atoms. The summed E-state index contributed by atoms with van der Waals surface area (Å²) in [7, 11) is 0. The summed E-state index contributed by atoms with van der Waals surface area (Å²) in [5, 5.41) is 11.7. The topological polar surface area (TPSA) is 55.8 Å². The van der Waals surface area contributed by atoms with Crippen LogP contribution in [-0.4, -0.2) is 17.4 Å². The first-order valence-electron chi connectivity index (χ1n) is 26.8. The van der Waals surface area contributed by atoms with Crippen molar-refractivity contribution in [3.05, 3.63) is 59.2 Å². The van der Waals surface area contributed by atoms with Gasteiger partial charge in [-0.05, 0) is 170 Å². The molecule has 4 fully saturated rings. The third-order valence-electron chi connectivity index (χ3n) is 17.9. The van der Waals surface area contributed by atoms with Crippen LogP contribution < -0.4 is 9.47 Å². The molecule has 0 bridgehead atoms. The summed E-state index contributed by atoms with van der Waals surface area (Å²) >= 11 is 0. The molecule has 62 heavy (non-hydrogen) atoms. The van der Waals surface area contributed by atoms with E-state index in [4.69, 9.17) is 9.47 Å². The Balaban J connectivity index is 1.19. The van der Waals surface area contributed by atoms with E-state index in [-0.39, 0.29) is 17.4 Å². The molecule has 0 saturated heterocycles. The van der Waals surface area contributed by atoms with Crippen LogP contribution in [0.3, 0.4) is 0 Å². The zero-order valence-electron chi connectivity index (χ0n) is 41.0. The van der Waals surface area contributed by atoms with Crippen molar-refractivity contribution in [2.75, 3.05) is 0 Å². The van der Waals surface area contributed by atoms with E-state index in [1.54, 1.807) is 0 Å². The van der Waals surface area contributed by atoms with Crippen LogP contribution in [0.15, 0.2) is 42.5 Å². The smallest absolute Gasteiger partial charge is 0.395 e. The number of unbranched alkanes of at least 4 members (excludes halogenated alkanes) is 12. The highest BCUT2D eigenvalue weighted by Gasteiger charge is 2.63. The molecular weight excluding hydrogens is 761 g/mol. The molecule has 0 radical (unpaired) electrons. The van der Waals surface area contributed by atoms with Crippen LogP contribution in [0.1, 0.15) is 232 Å². The minimum atomic E-state index is -0.668. The number of benzene rings is 2. The third-order valence-corrected chi connectivity index (χ3v) is 17.9. The molecule has 4 aliphatic rings. The Morgan fingerprint density at radius 3 is 1.97 bits per heavy atom. The molecule has 348 valence electrons. The standard InChI is InChI=1S/C58H92O4/c1-8-10-12-14-16-18-20-25-44-27-31-48(32-28-44)61-56(60)62-55-36-29-45(26-21-19-17-15-13-11-9-2)39-50(55)54-41-47(59)40-46-30-33-49-52-35-34-51(43(5)24-22-23-42(3)4)57(52,6)38-37-53(49)58(46,54)7/h27-29,31-32,36,39,42-43,46-47,49,51-54,59H,8-26,30,33-35,37-38,40-41H2,1-7H3/t43-,46-,47+,49-,51-,52+,53+,54?,57-,58+/m1/s1. The second kappa shape index (κ2) is 23.7. The molecule has 2 aromatic carbocycles. The molecule has 4 aliphatic carbocycles. The Hall–Kier alpha value is -2.33. The third kappa shape index (κ3) is 12.3. The molecule has 0 aliphatic heterocycles. The number of fused-ring (bicyclic) bond motifs is 5. The van der Waals surface area contributed by atoms with Gasteiger partial charge >= 0.3 is 6.16 Å². The van der Waals surface area contributed by atoms with Crippen molar-refractivity contribution in [3.63, 3.8) is 0 Å². The molecule has 4 heteroatoms. The summed E-state index contributed by atoms with van der Waals surface area (Å²) in [6.45, 7) is 17.2. The molecule has 0 amide bonds. The first-order valence-corrected chi connectivity index (χ1v) is 26.8. The fraction of sp³-hybridized carbons (Fsp3) is 0.776. The Morgan fingerprint density at radius 1 is 0.677 bits per heavy atom. The maximum absolute atomic E-state index is 13.7. The SMILES string of the molecule is CCCCCCCCCc1ccc(OC(=O)Oc2ccc(CCCCCCCCC)cc2C2C[C@@H](O)C[C@H]3CC[C@@H]4[C@@H]5CC[C@H]([C@H](C)CCCC(C)C)[C@@]5(C)CC[C@@H]4[C@@]23C)cc1. The predicted octanol–water partition coefficient (Wildman–Crippen LogP) is 17.0. The van der Waals surface area contributed by atoms with Gasteiger partial charge < -0.3 is 14.6 Å². The van der Waals surface area contributed by atoms with Crippen LogP contribution in [0.5, 0.6) is 11.5 Å². The average molecular weight is 853 g/mol. The van der Waals surface area contributed by atoms with Gasteiger partial charge in [0.25, 0.3) is 0 Å². The number of rotatable bonds is 24. The van der Waals surface area contributed by atoms with E-state index in [0.29, 0.717) is 28.7 Å². The Morgan fingerprint density at radius 2 is 1.31 bits per heavy atom. The molecule has 4 saturated carbocycles. The van der Waals surface area contributed by atoms with E-state index < -0.39 is 6.16 Å². The fourth-order valence-corrected chi connectivity index (χ4v) is 14.4. The van der Waals surface area contributed by atoms with E-state index >= 15 is 0 Å². The summed E-state index contributed by atoms with van der Waals surface area (Å²) in [5.74, 6) is 6.34. The van der Waals surface area contributed by atoms with Crippen LogP contribution in [0.2, 0.25) is 0 Å². The number of aliphatic hydroxyl groups is 1. The minimum Gasteiger partial charge on any atom is -0.395 e. The molecule has 1 unspecified atom stereocenters. The number of aryl methyl sites for hydroxylation is 2. The Labute approximate surface area is 380 Å². The molecule has 4 nitrogen and oxygen atoms in total. The quantitative estimate of drug-likeness (QED) is 0.0649. The van der Waals surface area contributed by atoms with Gasteiger partial charge in [-0.3, -0.25) is 0 Å². The number of carbonyl (C=O) groups excluding carboxylic acids is 1. The lowest BCUT2D eigenvalue weighted by molar-refractivity contribution is -0.140. The van der Waals surface area contributed by atoms with Crippen molar-refractivity contribution in [1.29, 1.82) is 0 Å². The van der Waals surface area contributed by atoms with Crippen LogP contribution >= 0.6 is 0 Å². The van der Waals surface area contributed by atoms with Crippen molar-refractivity contribution in [3.8, 4) is 11.5 Å². The Kier molecular flexibility index (Phi) is 18.8. The van der Waals surface area contributed by atoms with Gasteiger partial charge in [0.05, 0.1) is 6.10 Å². The van der Waals surface area contributed by atoms with Crippen molar-refractivity contribution in [1.82, 2.24) is 0 Å². The lowest BCUT2D eigenvalue weighted by atomic mass is 9.41. The number of hydrogen-bond donors (Lipinski definition) is 1. The van der Waals surface area contributed by atoms with E-state index in [0.717, 1.165) is 60.8 Å². The lowest BCUT2D eigenvalue weighted by Gasteiger charge is -2.63. The van der Waals surface area contributed by atoms with Gasteiger partial charge in [-0.2, -0.15) is 0 Å². The van der Waals surface area contributed by atoms with Crippen molar-refractivity contribution >= 4 is 6.16 Å². The van der Waals surface area contributed by atoms with E-state index in [9.17, 15) is 9.90 Å². The van der Waals surface area contributed by atoms with Crippen LogP contribution in [0.4, 0.5) is 4.79 Å². The molecule has 10 atom stereocenters. The van der Waals surface area contributed by atoms with Gasteiger partial charge in [0, 0.05) is 0 Å². The zero-order valence-corrected chi connectivity index (χ0v) is 41.0. The summed E-state index contributed by atoms with van der Waals surface area (Å²) in [6.07, 6.45) is 32.9. The van der Waals surface area contributed by atoms with Gasteiger partial charge in [-0.15, -0.1) is 0 Å². The van der Waals surface area contributed by atoms with Gasteiger partial charge in [-0.1, -0.05) is 169 Å². The van der Waals surface area contributed by atoms with Crippen LogP contribution in [-0.2, 0) is 12.8 Å². The zero-order chi connectivity index (χ0) is 44.1. The molecule has 1 N–H and O–H groups in total. The largest absolute Gasteiger partial charge is 0.519 e.